The van der Waals surface area contributed by atoms with Crippen molar-refractivity contribution in [2.45, 2.75) is 0 Å². The van der Waals surface area contributed by atoms with Crippen LogP contribution in [0.2, 0.25) is 5.02 Å². The highest BCUT2D eigenvalue weighted by Gasteiger charge is 2.13. The molecule has 17 heavy (non-hydrogen) atoms. The minimum atomic E-state index is -0.446. The number of hydrogen-bond donors (Lipinski definition) is 0. The van der Waals surface area contributed by atoms with Gasteiger partial charge in [-0.05, 0) is 18.2 Å². The second-order valence-electron chi connectivity index (χ2n) is 3.15. The molecule has 0 bridgehead atoms. The zero-order chi connectivity index (χ0) is 12.4. The Morgan fingerprint density at radius 3 is 3.00 bits per heavy atom. The second kappa shape index (κ2) is 5.16. The number of carbonyl (C=O) groups is 1. The molecule has 0 aliphatic rings. The van der Waals surface area contributed by atoms with Crippen LogP contribution in [0.3, 0.4) is 0 Å². The number of nitrogens with zero attached hydrogens (tertiary/aromatic N) is 1. The van der Waals surface area contributed by atoms with E-state index in [0.29, 0.717) is 15.7 Å². The zero-order valence-corrected chi connectivity index (χ0v) is 11.9. The SMILES string of the molecule is COC(=O)c1csc(-c2cc(Br)ccc2Cl)n1. The van der Waals surface area contributed by atoms with Crippen molar-refractivity contribution in [3.63, 3.8) is 0 Å². The largest absolute Gasteiger partial charge is 0.464 e. The molecule has 0 amide bonds. The molecule has 1 heterocycles. The van der Waals surface area contributed by atoms with Crippen LogP contribution < -0.4 is 0 Å². The Hall–Kier alpha value is -0.910. The van der Waals surface area contributed by atoms with Crippen molar-refractivity contribution in [1.29, 1.82) is 0 Å². The lowest BCUT2D eigenvalue weighted by molar-refractivity contribution is 0.0595. The molecule has 0 unspecified atom stereocenters. The van der Waals surface area contributed by atoms with Crippen molar-refractivity contribution in [3.05, 3.63) is 38.8 Å². The molecule has 0 radical (unpaired) electrons. The van der Waals surface area contributed by atoms with E-state index >= 15 is 0 Å². The first kappa shape index (κ1) is 12.5. The number of aromatic nitrogens is 1. The van der Waals surface area contributed by atoms with Crippen LogP contribution in [0.15, 0.2) is 28.1 Å². The Morgan fingerprint density at radius 2 is 2.29 bits per heavy atom. The van der Waals surface area contributed by atoms with Crippen LogP contribution in [0.1, 0.15) is 10.5 Å². The summed E-state index contributed by atoms with van der Waals surface area (Å²) in [5.41, 5.74) is 1.09. The number of benzene rings is 1. The van der Waals surface area contributed by atoms with Crippen molar-refractivity contribution in [3.8, 4) is 10.6 Å². The van der Waals surface area contributed by atoms with Gasteiger partial charge < -0.3 is 4.74 Å². The maximum Gasteiger partial charge on any atom is 0.357 e. The van der Waals surface area contributed by atoms with Gasteiger partial charge in [0.25, 0.3) is 0 Å². The Morgan fingerprint density at radius 1 is 1.53 bits per heavy atom. The van der Waals surface area contributed by atoms with Crippen molar-refractivity contribution in [2.75, 3.05) is 7.11 Å². The monoisotopic (exact) mass is 331 g/mol. The normalized spacial score (nSPS) is 10.3. The summed E-state index contributed by atoms with van der Waals surface area (Å²) in [6.45, 7) is 0. The van der Waals surface area contributed by atoms with E-state index in [0.717, 1.165) is 10.0 Å². The van der Waals surface area contributed by atoms with E-state index in [1.165, 1.54) is 18.4 Å². The van der Waals surface area contributed by atoms with E-state index in [1.807, 2.05) is 12.1 Å². The minimum Gasteiger partial charge on any atom is -0.464 e. The maximum absolute atomic E-state index is 11.3. The summed E-state index contributed by atoms with van der Waals surface area (Å²) in [5, 5.41) is 2.94. The molecular weight excluding hydrogens is 326 g/mol. The van der Waals surface area contributed by atoms with Gasteiger partial charge in [0.1, 0.15) is 5.01 Å². The number of carbonyl (C=O) groups excluding carboxylic acids is 1. The van der Waals surface area contributed by atoms with E-state index < -0.39 is 5.97 Å². The van der Waals surface area contributed by atoms with Gasteiger partial charge >= 0.3 is 5.97 Å². The third-order valence-corrected chi connectivity index (χ3v) is 3.76. The van der Waals surface area contributed by atoms with Gasteiger partial charge in [0.05, 0.1) is 12.1 Å². The van der Waals surface area contributed by atoms with Crippen LogP contribution >= 0.6 is 38.9 Å². The fraction of sp³-hybridized carbons (Fsp3) is 0.0909. The number of thiazole rings is 1. The summed E-state index contributed by atoms with van der Waals surface area (Å²) in [7, 11) is 1.33. The minimum absolute atomic E-state index is 0.295. The lowest BCUT2D eigenvalue weighted by atomic mass is 10.2. The summed E-state index contributed by atoms with van der Waals surface area (Å²) >= 11 is 10.8. The predicted molar refractivity (Wildman–Crippen MR) is 71.6 cm³/mol. The summed E-state index contributed by atoms with van der Waals surface area (Å²) in [6.07, 6.45) is 0. The first-order valence-electron chi connectivity index (χ1n) is 4.61. The van der Waals surface area contributed by atoms with Gasteiger partial charge in [0.2, 0.25) is 0 Å². The highest BCUT2D eigenvalue weighted by atomic mass is 79.9. The van der Waals surface area contributed by atoms with Gasteiger partial charge in [-0.1, -0.05) is 27.5 Å². The molecule has 0 N–H and O–H groups in total. The Bertz CT molecular complexity index is 570. The van der Waals surface area contributed by atoms with Crippen molar-refractivity contribution < 1.29 is 9.53 Å². The van der Waals surface area contributed by atoms with Crippen molar-refractivity contribution in [2.24, 2.45) is 0 Å². The van der Waals surface area contributed by atoms with Gasteiger partial charge in [-0.15, -0.1) is 11.3 Å². The average molecular weight is 333 g/mol. The molecule has 6 heteroatoms. The number of esters is 1. The van der Waals surface area contributed by atoms with E-state index in [4.69, 9.17) is 11.6 Å². The lowest BCUT2D eigenvalue weighted by Crippen LogP contribution is -2.00. The maximum atomic E-state index is 11.3. The quantitative estimate of drug-likeness (QED) is 0.780. The predicted octanol–water partition coefficient (Wildman–Crippen LogP) is 4.01. The van der Waals surface area contributed by atoms with Crippen LogP contribution in [0, 0.1) is 0 Å². The summed E-state index contributed by atoms with van der Waals surface area (Å²) in [5.74, 6) is -0.446. The van der Waals surface area contributed by atoms with Crippen LogP contribution in [0.4, 0.5) is 0 Å². The smallest absolute Gasteiger partial charge is 0.357 e. The molecule has 2 rings (SSSR count). The fourth-order valence-corrected chi connectivity index (χ4v) is 2.70. The molecule has 0 aliphatic heterocycles. The topological polar surface area (TPSA) is 39.2 Å². The zero-order valence-electron chi connectivity index (χ0n) is 8.74. The highest BCUT2D eigenvalue weighted by molar-refractivity contribution is 9.10. The molecular formula is C11H7BrClNO2S. The van der Waals surface area contributed by atoms with Gasteiger partial charge in [0.15, 0.2) is 5.69 Å². The van der Waals surface area contributed by atoms with E-state index in [-0.39, 0.29) is 0 Å². The lowest BCUT2D eigenvalue weighted by Gasteiger charge is -2.00. The van der Waals surface area contributed by atoms with Crippen LogP contribution in [-0.4, -0.2) is 18.1 Å². The summed E-state index contributed by atoms with van der Waals surface area (Å²) < 4.78 is 5.51. The molecule has 0 atom stereocenters. The molecule has 0 aliphatic carbocycles. The number of halogens is 2. The van der Waals surface area contributed by atoms with Gasteiger partial charge in [-0.3, -0.25) is 0 Å². The Kier molecular flexibility index (Phi) is 3.81. The van der Waals surface area contributed by atoms with E-state index in [1.54, 1.807) is 11.4 Å². The molecule has 0 saturated carbocycles. The van der Waals surface area contributed by atoms with Crippen molar-refractivity contribution in [1.82, 2.24) is 4.98 Å². The molecule has 88 valence electrons. The van der Waals surface area contributed by atoms with Crippen LogP contribution in [0.25, 0.3) is 10.6 Å². The first-order valence-corrected chi connectivity index (χ1v) is 6.66. The Balaban J connectivity index is 2.43. The highest BCUT2D eigenvalue weighted by Crippen LogP contribution is 2.32. The third-order valence-electron chi connectivity index (χ3n) is 2.06. The molecule has 1 aromatic carbocycles. The summed E-state index contributed by atoms with van der Waals surface area (Å²) in [6, 6.07) is 5.49. The Labute approximate surface area is 116 Å². The third kappa shape index (κ3) is 2.68. The first-order chi connectivity index (χ1) is 8.11. The average Bonchev–Trinajstić information content (AvgIpc) is 2.80. The number of methoxy groups -OCH3 is 1. The standard InChI is InChI=1S/C11H7BrClNO2S/c1-16-11(15)9-5-17-10(14-9)7-4-6(12)2-3-8(7)13/h2-5H,1H3. The molecule has 0 fully saturated rings. The summed E-state index contributed by atoms with van der Waals surface area (Å²) in [4.78, 5) is 15.5. The van der Waals surface area contributed by atoms with E-state index in [2.05, 4.69) is 25.7 Å². The van der Waals surface area contributed by atoms with E-state index in [9.17, 15) is 4.79 Å². The molecule has 3 nitrogen and oxygen atoms in total. The van der Waals surface area contributed by atoms with Gasteiger partial charge in [-0.25, -0.2) is 9.78 Å². The molecule has 0 saturated heterocycles. The van der Waals surface area contributed by atoms with Gasteiger partial charge in [0, 0.05) is 15.4 Å². The fourth-order valence-electron chi connectivity index (χ4n) is 1.26. The molecule has 1 aromatic heterocycles. The van der Waals surface area contributed by atoms with Gasteiger partial charge in [-0.2, -0.15) is 0 Å². The second-order valence-corrected chi connectivity index (χ2v) is 5.33. The van der Waals surface area contributed by atoms with Crippen LogP contribution in [0.5, 0.6) is 0 Å². The molecule has 2 aromatic rings. The molecule has 0 spiro atoms. The van der Waals surface area contributed by atoms with Crippen LogP contribution in [-0.2, 0) is 4.74 Å². The number of rotatable bonds is 2. The van der Waals surface area contributed by atoms with Crippen molar-refractivity contribution >= 4 is 44.8 Å². The number of hydrogen-bond acceptors (Lipinski definition) is 4. The number of ether oxygens (including phenoxy) is 1.